The van der Waals surface area contributed by atoms with E-state index in [1.807, 2.05) is 12.1 Å². The van der Waals surface area contributed by atoms with Crippen LogP contribution in [0.1, 0.15) is 29.2 Å². The summed E-state index contributed by atoms with van der Waals surface area (Å²) in [5.41, 5.74) is 0.242. The maximum atomic E-state index is 13.4. The molecule has 12 heteroatoms. The summed E-state index contributed by atoms with van der Waals surface area (Å²) in [7, 11) is -3.95. The SMILES string of the molecule is O=C(COC(=O)C[C@@H]1c2ccccc2CCN1S(=O)(=O)c1ccccc1)Nc1cc(C(F)(F)F)ccc1Cl. The third-order valence-corrected chi connectivity index (χ3v) is 8.26. The number of amides is 1. The number of halogens is 4. The lowest BCUT2D eigenvalue weighted by Crippen LogP contribution is -2.41. The normalized spacial score (nSPS) is 15.9. The molecule has 1 aliphatic heterocycles. The number of ether oxygens (including phenoxy) is 1. The van der Waals surface area contributed by atoms with Gasteiger partial charge in [0.2, 0.25) is 10.0 Å². The summed E-state index contributed by atoms with van der Waals surface area (Å²) in [5.74, 6) is -1.76. The molecule has 0 saturated heterocycles. The summed E-state index contributed by atoms with van der Waals surface area (Å²) in [6.07, 6.45) is -4.56. The van der Waals surface area contributed by atoms with Crippen LogP contribution in [0.3, 0.4) is 0 Å². The molecule has 0 bridgehead atoms. The van der Waals surface area contributed by atoms with Gasteiger partial charge < -0.3 is 10.1 Å². The maximum absolute atomic E-state index is 13.4. The van der Waals surface area contributed by atoms with Crippen LogP contribution in [0.2, 0.25) is 5.02 Å². The van der Waals surface area contributed by atoms with Gasteiger partial charge in [0.15, 0.2) is 6.61 Å². The highest BCUT2D eigenvalue weighted by atomic mass is 35.5. The Labute approximate surface area is 222 Å². The van der Waals surface area contributed by atoms with Crippen LogP contribution in [0.4, 0.5) is 18.9 Å². The molecule has 0 fully saturated rings. The lowest BCUT2D eigenvalue weighted by Gasteiger charge is -2.36. The van der Waals surface area contributed by atoms with Crippen molar-refractivity contribution in [2.75, 3.05) is 18.5 Å². The van der Waals surface area contributed by atoms with Gasteiger partial charge in [-0.1, -0.05) is 54.1 Å². The number of carbonyl (C=O) groups is 2. The molecule has 3 aromatic rings. The summed E-state index contributed by atoms with van der Waals surface area (Å²) in [6, 6.07) is 16.5. The van der Waals surface area contributed by atoms with Gasteiger partial charge in [0.1, 0.15) is 0 Å². The summed E-state index contributed by atoms with van der Waals surface area (Å²) in [6.45, 7) is -0.661. The largest absolute Gasteiger partial charge is 0.456 e. The number of esters is 1. The third-order valence-electron chi connectivity index (χ3n) is 6.01. The Hall–Kier alpha value is -3.41. The van der Waals surface area contributed by atoms with E-state index >= 15 is 0 Å². The summed E-state index contributed by atoms with van der Waals surface area (Å²) in [4.78, 5) is 25.1. The minimum absolute atomic E-state index is 0.0788. The molecule has 1 aliphatic rings. The van der Waals surface area contributed by atoms with Crippen molar-refractivity contribution in [3.8, 4) is 0 Å². The fraction of sp³-hybridized carbons (Fsp3) is 0.231. The van der Waals surface area contributed by atoms with E-state index in [0.717, 1.165) is 17.7 Å². The Morgan fingerprint density at radius 2 is 1.71 bits per heavy atom. The van der Waals surface area contributed by atoms with Crippen molar-refractivity contribution in [3.05, 3.63) is 94.5 Å². The second kappa shape index (κ2) is 11.1. The van der Waals surface area contributed by atoms with Crippen molar-refractivity contribution >= 4 is 39.2 Å². The lowest BCUT2D eigenvalue weighted by molar-refractivity contribution is -0.148. The van der Waals surface area contributed by atoms with Crippen LogP contribution in [0.5, 0.6) is 0 Å². The van der Waals surface area contributed by atoms with Gasteiger partial charge in [-0.15, -0.1) is 0 Å². The molecular formula is C26H22ClF3N2O5S. The van der Waals surface area contributed by atoms with Crippen LogP contribution in [0.15, 0.2) is 77.7 Å². The Kier molecular flexibility index (Phi) is 8.10. The molecule has 1 amide bonds. The topological polar surface area (TPSA) is 92.8 Å². The van der Waals surface area contributed by atoms with Crippen molar-refractivity contribution in [1.29, 1.82) is 0 Å². The molecule has 0 saturated carbocycles. The van der Waals surface area contributed by atoms with Gasteiger partial charge >= 0.3 is 12.1 Å². The van der Waals surface area contributed by atoms with Gasteiger partial charge in [0, 0.05) is 6.54 Å². The molecule has 0 radical (unpaired) electrons. The maximum Gasteiger partial charge on any atom is 0.416 e. The van der Waals surface area contributed by atoms with Crippen molar-refractivity contribution in [2.24, 2.45) is 0 Å². The summed E-state index contributed by atoms with van der Waals surface area (Å²) in [5, 5.41) is 2.07. The average Bonchev–Trinajstić information content (AvgIpc) is 2.88. The number of hydrogen-bond acceptors (Lipinski definition) is 5. The van der Waals surface area contributed by atoms with Crippen LogP contribution < -0.4 is 5.32 Å². The van der Waals surface area contributed by atoms with Gasteiger partial charge in [0.05, 0.1) is 33.6 Å². The van der Waals surface area contributed by atoms with Crippen LogP contribution in [-0.2, 0) is 36.9 Å². The molecule has 7 nitrogen and oxygen atoms in total. The Morgan fingerprint density at radius 3 is 2.42 bits per heavy atom. The quantitative estimate of drug-likeness (QED) is 0.396. The van der Waals surface area contributed by atoms with Gasteiger partial charge in [0.25, 0.3) is 5.91 Å². The van der Waals surface area contributed by atoms with E-state index in [1.54, 1.807) is 30.3 Å². The minimum atomic E-state index is -4.64. The Balaban J connectivity index is 1.47. The zero-order valence-electron chi connectivity index (χ0n) is 19.7. The molecule has 1 heterocycles. The zero-order valence-corrected chi connectivity index (χ0v) is 21.3. The molecule has 0 aromatic heterocycles. The average molecular weight is 567 g/mol. The molecule has 38 heavy (non-hydrogen) atoms. The number of fused-ring (bicyclic) bond motifs is 1. The highest BCUT2D eigenvalue weighted by molar-refractivity contribution is 7.89. The van der Waals surface area contributed by atoms with E-state index in [-0.39, 0.29) is 28.6 Å². The van der Waals surface area contributed by atoms with Gasteiger partial charge in [-0.2, -0.15) is 17.5 Å². The van der Waals surface area contributed by atoms with Gasteiger partial charge in [-0.3, -0.25) is 9.59 Å². The number of nitrogens with one attached hydrogen (secondary N) is 1. The first-order valence-electron chi connectivity index (χ1n) is 11.4. The monoisotopic (exact) mass is 566 g/mol. The van der Waals surface area contributed by atoms with E-state index in [9.17, 15) is 31.2 Å². The number of carbonyl (C=O) groups excluding carboxylic acids is 2. The number of rotatable bonds is 7. The van der Waals surface area contributed by atoms with Crippen molar-refractivity contribution in [3.63, 3.8) is 0 Å². The molecule has 0 unspecified atom stereocenters. The first-order valence-corrected chi connectivity index (χ1v) is 13.3. The number of anilines is 1. The van der Waals surface area contributed by atoms with Crippen LogP contribution >= 0.6 is 11.6 Å². The highest BCUT2D eigenvalue weighted by Gasteiger charge is 2.38. The second-order valence-corrected chi connectivity index (χ2v) is 10.8. The summed E-state index contributed by atoms with van der Waals surface area (Å²) >= 11 is 5.89. The minimum Gasteiger partial charge on any atom is -0.456 e. The second-order valence-electron chi connectivity index (χ2n) is 8.50. The predicted octanol–water partition coefficient (Wildman–Crippen LogP) is 5.22. The zero-order chi connectivity index (χ0) is 27.5. The fourth-order valence-corrected chi connectivity index (χ4v) is 5.99. The van der Waals surface area contributed by atoms with Crippen molar-refractivity contribution in [1.82, 2.24) is 4.31 Å². The highest BCUT2D eigenvalue weighted by Crippen LogP contribution is 2.37. The standard InChI is InChI=1S/C26H22ClF3N2O5S/c27-21-11-10-18(26(28,29)30)14-22(21)31-24(33)16-37-25(34)15-23-20-9-5-4-6-17(20)12-13-32(23)38(35,36)19-7-2-1-3-8-19/h1-11,14,23H,12-13,15-16H2,(H,31,33)/t23-/m1/s1. The van der Waals surface area contributed by atoms with E-state index in [2.05, 4.69) is 5.32 Å². The molecule has 0 spiro atoms. The summed E-state index contributed by atoms with van der Waals surface area (Å²) < 4.78 is 72.0. The fourth-order valence-electron chi connectivity index (χ4n) is 4.20. The molecule has 1 N–H and O–H groups in total. The van der Waals surface area contributed by atoms with Crippen LogP contribution in [0, 0.1) is 0 Å². The van der Waals surface area contributed by atoms with E-state index in [4.69, 9.17) is 16.3 Å². The Bertz CT molecular complexity index is 1450. The number of alkyl halides is 3. The van der Waals surface area contributed by atoms with Crippen LogP contribution in [0.25, 0.3) is 0 Å². The molecule has 4 rings (SSSR count). The van der Waals surface area contributed by atoms with Gasteiger partial charge in [-0.05, 0) is 47.9 Å². The number of hydrogen-bond donors (Lipinski definition) is 1. The smallest absolute Gasteiger partial charge is 0.416 e. The van der Waals surface area contributed by atoms with Crippen LogP contribution in [-0.4, -0.2) is 37.8 Å². The third kappa shape index (κ3) is 6.17. The van der Waals surface area contributed by atoms with E-state index in [1.165, 1.54) is 16.4 Å². The predicted molar refractivity (Wildman–Crippen MR) is 134 cm³/mol. The van der Waals surface area contributed by atoms with Gasteiger partial charge in [-0.25, -0.2) is 8.42 Å². The molecule has 3 aromatic carbocycles. The molecule has 0 aliphatic carbocycles. The molecule has 200 valence electrons. The van der Waals surface area contributed by atoms with Crippen molar-refractivity contribution < 1.29 is 35.9 Å². The van der Waals surface area contributed by atoms with E-state index < -0.39 is 46.3 Å². The first-order chi connectivity index (χ1) is 18.0. The number of benzene rings is 3. The van der Waals surface area contributed by atoms with Crippen molar-refractivity contribution in [2.45, 2.75) is 30.0 Å². The number of sulfonamides is 1. The first kappa shape index (κ1) is 27.6. The molecule has 1 atom stereocenters. The van der Waals surface area contributed by atoms with E-state index in [0.29, 0.717) is 18.1 Å². The number of nitrogens with zero attached hydrogens (tertiary/aromatic N) is 1. The Morgan fingerprint density at radius 1 is 1.03 bits per heavy atom. The molecular weight excluding hydrogens is 545 g/mol. The lowest BCUT2D eigenvalue weighted by atomic mass is 9.92.